The fourth-order valence-corrected chi connectivity index (χ4v) is 2.31. The molecule has 0 aliphatic rings. The number of nitrogens with zero attached hydrogens (tertiary/aromatic N) is 1. The van der Waals surface area contributed by atoms with Crippen molar-refractivity contribution < 1.29 is 9.53 Å². The third-order valence-corrected chi connectivity index (χ3v) is 3.49. The lowest BCUT2D eigenvalue weighted by molar-refractivity contribution is 0.111. The molecule has 4 heteroatoms. The number of hydrogen-bond donors (Lipinski definition) is 0. The van der Waals surface area contributed by atoms with E-state index < -0.39 is 0 Å². The number of para-hydroxylation sites is 1. The average molecular weight is 298 g/mol. The molecule has 0 saturated heterocycles. The number of hydrogen-bond acceptors (Lipinski definition) is 3. The van der Waals surface area contributed by atoms with E-state index in [-0.39, 0.29) is 6.61 Å². The van der Waals surface area contributed by atoms with Gasteiger partial charge in [0.2, 0.25) is 0 Å². The molecule has 3 nitrogen and oxygen atoms in total. The van der Waals surface area contributed by atoms with E-state index in [0.29, 0.717) is 22.6 Å². The molecule has 0 radical (unpaired) electrons. The number of ether oxygens (including phenoxy) is 1. The number of benzene rings is 2. The second-order valence-electron chi connectivity index (χ2n) is 4.55. The van der Waals surface area contributed by atoms with E-state index in [2.05, 4.69) is 4.98 Å². The van der Waals surface area contributed by atoms with Crippen LogP contribution in [0.5, 0.6) is 5.75 Å². The van der Waals surface area contributed by atoms with E-state index in [1.165, 1.54) is 0 Å². The molecule has 2 aromatic carbocycles. The van der Waals surface area contributed by atoms with Crippen molar-refractivity contribution in [2.45, 2.75) is 6.61 Å². The maximum atomic E-state index is 11.1. The van der Waals surface area contributed by atoms with Crippen LogP contribution in [0.25, 0.3) is 10.9 Å². The van der Waals surface area contributed by atoms with E-state index >= 15 is 0 Å². The molecule has 0 aliphatic heterocycles. The molecule has 3 rings (SSSR count). The molecule has 0 aliphatic carbocycles. The van der Waals surface area contributed by atoms with Gasteiger partial charge in [-0.25, -0.2) is 4.98 Å². The second-order valence-corrected chi connectivity index (χ2v) is 4.96. The Balaban J connectivity index is 1.83. The summed E-state index contributed by atoms with van der Waals surface area (Å²) in [5.74, 6) is 0.465. The first-order valence-electron chi connectivity index (χ1n) is 6.49. The summed E-state index contributed by atoms with van der Waals surface area (Å²) in [5, 5.41) is 1.46. The third-order valence-electron chi connectivity index (χ3n) is 3.16. The smallest absolute Gasteiger partial charge is 0.155 e. The molecule has 0 fully saturated rings. The minimum atomic E-state index is 0.284. The molecule has 1 heterocycles. The molecule has 0 amide bonds. The molecule has 3 aromatic rings. The van der Waals surface area contributed by atoms with E-state index in [1.807, 2.05) is 36.4 Å². The maximum absolute atomic E-state index is 11.1. The predicted octanol–water partition coefficient (Wildman–Crippen LogP) is 4.28. The number of carbonyl (C=O) groups is 1. The van der Waals surface area contributed by atoms with E-state index in [9.17, 15) is 4.79 Å². The van der Waals surface area contributed by atoms with Gasteiger partial charge in [-0.2, -0.15) is 0 Å². The van der Waals surface area contributed by atoms with Crippen molar-refractivity contribution in [2.24, 2.45) is 0 Å². The Labute approximate surface area is 127 Å². The summed E-state index contributed by atoms with van der Waals surface area (Å²) in [4.78, 5) is 15.6. The van der Waals surface area contributed by atoms with Crippen LogP contribution in [0.3, 0.4) is 0 Å². The highest BCUT2D eigenvalue weighted by Crippen LogP contribution is 2.25. The third kappa shape index (κ3) is 2.88. The molecule has 0 N–H and O–H groups in total. The summed E-state index contributed by atoms with van der Waals surface area (Å²) >= 11 is 5.96. The molecule has 0 unspecified atom stereocenters. The van der Waals surface area contributed by atoms with Gasteiger partial charge in [-0.15, -0.1) is 0 Å². The second kappa shape index (κ2) is 5.94. The van der Waals surface area contributed by atoms with Crippen molar-refractivity contribution in [1.29, 1.82) is 0 Å². The highest BCUT2D eigenvalue weighted by Gasteiger charge is 2.07. The van der Waals surface area contributed by atoms with Crippen LogP contribution in [0.15, 0.2) is 54.6 Å². The Bertz CT molecular complexity index is 802. The van der Waals surface area contributed by atoms with Gasteiger partial charge in [0.05, 0.1) is 21.8 Å². The molecular formula is C17H12ClNO2. The largest absolute Gasteiger partial charge is 0.486 e. The van der Waals surface area contributed by atoms with Gasteiger partial charge < -0.3 is 4.74 Å². The lowest BCUT2D eigenvalue weighted by Gasteiger charge is -2.09. The fourth-order valence-electron chi connectivity index (χ4n) is 2.10. The summed E-state index contributed by atoms with van der Waals surface area (Å²) in [6.07, 6.45) is 0.700. The van der Waals surface area contributed by atoms with Crippen LogP contribution in [0.4, 0.5) is 0 Å². The lowest BCUT2D eigenvalue weighted by atomic mass is 10.2. The van der Waals surface area contributed by atoms with Crippen molar-refractivity contribution in [1.82, 2.24) is 4.98 Å². The number of pyridine rings is 1. The number of rotatable bonds is 4. The van der Waals surface area contributed by atoms with Crippen LogP contribution in [-0.4, -0.2) is 11.3 Å². The Kier molecular flexibility index (Phi) is 3.84. The van der Waals surface area contributed by atoms with Crippen LogP contribution in [0.1, 0.15) is 16.1 Å². The van der Waals surface area contributed by atoms with Gasteiger partial charge in [0, 0.05) is 5.39 Å². The summed E-state index contributed by atoms with van der Waals surface area (Å²) in [6.45, 7) is 0.284. The normalized spacial score (nSPS) is 10.5. The summed E-state index contributed by atoms with van der Waals surface area (Å²) in [7, 11) is 0. The molecule has 1 aromatic heterocycles. The van der Waals surface area contributed by atoms with Crippen molar-refractivity contribution in [3.8, 4) is 5.75 Å². The zero-order chi connectivity index (χ0) is 14.7. The maximum Gasteiger partial charge on any atom is 0.155 e. The molecular weight excluding hydrogens is 286 g/mol. The van der Waals surface area contributed by atoms with E-state index in [4.69, 9.17) is 16.3 Å². The molecule has 0 saturated carbocycles. The lowest BCUT2D eigenvalue weighted by Crippen LogP contribution is -2.00. The molecule has 21 heavy (non-hydrogen) atoms. The zero-order valence-electron chi connectivity index (χ0n) is 11.1. The van der Waals surface area contributed by atoms with Gasteiger partial charge in [-0.3, -0.25) is 4.79 Å². The number of halogens is 1. The molecule has 0 bridgehead atoms. The highest BCUT2D eigenvalue weighted by molar-refractivity contribution is 6.33. The average Bonchev–Trinajstić information content (AvgIpc) is 2.52. The first kappa shape index (κ1) is 13.6. The van der Waals surface area contributed by atoms with Gasteiger partial charge in [-0.1, -0.05) is 41.9 Å². The fraction of sp³-hybridized carbons (Fsp3) is 0.0588. The Hall–Kier alpha value is -2.39. The van der Waals surface area contributed by atoms with Crippen molar-refractivity contribution in [2.75, 3.05) is 0 Å². The summed E-state index contributed by atoms with van der Waals surface area (Å²) in [5.41, 5.74) is 2.07. The van der Waals surface area contributed by atoms with Crippen LogP contribution in [-0.2, 0) is 6.61 Å². The highest BCUT2D eigenvalue weighted by atomic mass is 35.5. The zero-order valence-corrected chi connectivity index (χ0v) is 11.9. The predicted molar refractivity (Wildman–Crippen MR) is 82.9 cm³/mol. The summed E-state index contributed by atoms with van der Waals surface area (Å²) < 4.78 is 5.67. The Morgan fingerprint density at radius 2 is 1.90 bits per heavy atom. The number of aldehydes is 1. The first-order chi connectivity index (χ1) is 10.3. The van der Waals surface area contributed by atoms with Crippen molar-refractivity contribution in [3.63, 3.8) is 0 Å². The molecule has 0 spiro atoms. The standard InChI is InChI=1S/C17H12ClNO2/c18-15-5-3-7-17(14(15)10-20)21-11-13-9-8-12-4-1-2-6-16(12)19-13/h1-10H,11H2. The quantitative estimate of drug-likeness (QED) is 0.675. The van der Waals surface area contributed by atoms with Gasteiger partial charge >= 0.3 is 0 Å². The van der Waals surface area contributed by atoms with Gasteiger partial charge in [0.25, 0.3) is 0 Å². The van der Waals surface area contributed by atoms with Crippen LogP contribution in [0.2, 0.25) is 5.02 Å². The Morgan fingerprint density at radius 3 is 2.76 bits per heavy atom. The monoisotopic (exact) mass is 297 g/mol. The topological polar surface area (TPSA) is 39.2 Å². The number of carbonyl (C=O) groups excluding carboxylic acids is 1. The van der Waals surface area contributed by atoms with Crippen LogP contribution in [0, 0.1) is 0 Å². The molecule has 0 atom stereocenters. The van der Waals surface area contributed by atoms with Crippen LogP contribution < -0.4 is 4.74 Å². The minimum absolute atomic E-state index is 0.284. The summed E-state index contributed by atoms with van der Waals surface area (Å²) in [6, 6.07) is 16.9. The first-order valence-corrected chi connectivity index (χ1v) is 6.87. The minimum Gasteiger partial charge on any atom is -0.486 e. The van der Waals surface area contributed by atoms with Crippen LogP contribution >= 0.6 is 11.6 Å². The van der Waals surface area contributed by atoms with Crippen molar-refractivity contribution >= 4 is 28.8 Å². The van der Waals surface area contributed by atoms with Crippen molar-refractivity contribution in [3.05, 3.63) is 70.9 Å². The van der Waals surface area contributed by atoms with Gasteiger partial charge in [-0.05, 0) is 24.3 Å². The Morgan fingerprint density at radius 1 is 1.05 bits per heavy atom. The number of aromatic nitrogens is 1. The van der Waals surface area contributed by atoms with Gasteiger partial charge in [0.1, 0.15) is 12.4 Å². The van der Waals surface area contributed by atoms with E-state index in [1.54, 1.807) is 18.2 Å². The number of fused-ring (bicyclic) bond motifs is 1. The van der Waals surface area contributed by atoms with Gasteiger partial charge in [0.15, 0.2) is 6.29 Å². The SMILES string of the molecule is O=Cc1c(Cl)cccc1OCc1ccc2ccccc2n1. The van der Waals surface area contributed by atoms with E-state index in [0.717, 1.165) is 16.6 Å². The molecule has 104 valence electrons.